The fraction of sp³-hybridized carbons (Fsp3) is 0.304. The number of H-pyrrole nitrogens is 1. The summed E-state index contributed by atoms with van der Waals surface area (Å²) in [4.78, 5) is 16.7. The second-order valence-corrected chi connectivity index (χ2v) is 8.04. The van der Waals surface area contributed by atoms with E-state index in [0.29, 0.717) is 22.4 Å². The maximum absolute atomic E-state index is 13.3. The number of rotatable bonds is 5. The molecule has 30 heavy (non-hydrogen) atoms. The Morgan fingerprint density at radius 1 is 1.17 bits per heavy atom. The summed E-state index contributed by atoms with van der Waals surface area (Å²) in [5.74, 6) is 0.327. The van der Waals surface area contributed by atoms with Crippen LogP contribution in [0.15, 0.2) is 36.4 Å². The van der Waals surface area contributed by atoms with Crippen LogP contribution in [0.25, 0.3) is 10.9 Å². The number of nitriles is 1. The highest BCUT2D eigenvalue weighted by atomic mass is 16.5. The van der Waals surface area contributed by atoms with Crippen LogP contribution in [0.2, 0.25) is 0 Å². The zero-order valence-electron chi connectivity index (χ0n) is 16.6. The Morgan fingerprint density at radius 3 is 2.63 bits per heavy atom. The largest absolute Gasteiger partial charge is 0.491 e. The summed E-state index contributed by atoms with van der Waals surface area (Å²) in [5.41, 5.74) is 3.44. The molecule has 0 bridgehead atoms. The Labute approximate surface area is 173 Å². The number of carbonyl (C=O) groups is 1. The number of aliphatic hydroxyl groups is 3. The third-order valence-electron chi connectivity index (χ3n) is 5.74. The molecule has 0 saturated heterocycles. The molecule has 7 heteroatoms. The quantitative estimate of drug-likeness (QED) is 0.513. The average molecular weight is 406 g/mol. The number of aromatic amines is 1. The predicted molar refractivity (Wildman–Crippen MR) is 110 cm³/mol. The van der Waals surface area contributed by atoms with E-state index in [2.05, 4.69) is 11.1 Å². The van der Waals surface area contributed by atoms with Gasteiger partial charge < -0.3 is 25.0 Å². The molecule has 0 fully saturated rings. The molecule has 2 aromatic carbocycles. The summed E-state index contributed by atoms with van der Waals surface area (Å²) in [6, 6.07) is 12.5. The molecule has 0 spiro atoms. The number of hydrogen-bond donors (Lipinski definition) is 4. The number of ketones is 1. The van der Waals surface area contributed by atoms with Gasteiger partial charge in [-0.3, -0.25) is 4.79 Å². The average Bonchev–Trinajstić information content (AvgIpc) is 3.15. The van der Waals surface area contributed by atoms with Crippen molar-refractivity contribution in [2.24, 2.45) is 0 Å². The standard InChI is InChI=1S/C23H22N2O5/c1-23(2)16-8-13(30-11-19(28)18(27)10-26)4-5-14(16)21(29)20-15-7-12(9-24)3-6-17(15)25-22(20)23/h3-8,18-19,25-28H,10-11H2,1-2H3/t18-,19-/m1/s1. The van der Waals surface area contributed by atoms with Gasteiger partial charge in [0.25, 0.3) is 0 Å². The zero-order valence-corrected chi connectivity index (χ0v) is 16.6. The number of nitrogens with zero attached hydrogens (tertiary/aromatic N) is 1. The van der Waals surface area contributed by atoms with Crippen molar-refractivity contribution < 1.29 is 24.9 Å². The molecule has 4 rings (SSSR count). The van der Waals surface area contributed by atoms with Crippen molar-refractivity contribution in [3.63, 3.8) is 0 Å². The third-order valence-corrected chi connectivity index (χ3v) is 5.74. The molecule has 3 aromatic rings. The summed E-state index contributed by atoms with van der Waals surface area (Å²) in [5, 5.41) is 38.2. The van der Waals surface area contributed by atoms with Gasteiger partial charge in [-0.15, -0.1) is 0 Å². The van der Waals surface area contributed by atoms with E-state index < -0.39 is 24.2 Å². The lowest BCUT2D eigenvalue weighted by atomic mass is 9.71. The van der Waals surface area contributed by atoms with Crippen LogP contribution >= 0.6 is 0 Å². The van der Waals surface area contributed by atoms with Crippen LogP contribution in [0.3, 0.4) is 0 Å². The number of benzene rings is 2. The normalized spacial score (nSPS) is 16.5. The smallest absolute Gasteiger partial charge is 0.195 e. The molecule has 1 aliphatic rings. The fourth-order valence-corrected chi connectivity index (χ4v) is 3.98. The summed E-state index contributed by atoms with van der Waals surface area (Å²) in [7, 11) is 0. The number of nitrogens with one attached hydrogen (secondary N) is 1. The molecular weight excluding hydrogens is 384 g/mol. The highest BCUT2D eigenvalue weighted by Gasteiger charge is 2.40. The highest BCUT2D eigenvalue weighted by molar-refractivity contribution is 6.20. The molecule has 4 N–H and O–H groups in total. The molecule has 7 nitrogen and oxygen atoms in total. The Kier molecular flexibility index (Phi) is 4.86. The predicted octanol–water partition coefficient (Wildman–Crippen LogP) is 2.00. The first kappa shape index (κ1) is 20.1. The number of aliphatic hydroxyl groups excluding tert-OH is 3. The number of aromatic nitrogens is 1. The first-order chi connectivity index (χ1) is 14.3. The summed E-state index contributed by atoms with van der Waals surface area (Å²) in [6.45, 7) is 3.26. The van der Waals surface area contributed by atoms with Gasteiger partial charge in [0.05, 0.1) is 23.8 Å². The Bertz CT molecular complexity index is 1190. The molecule has 0 saturated carbocycles. The number of carbonyl (C=O) groups excluding carboxylic acids is 1. The van der Waals surface area contributed by atoms with E-state index in [-0.39, 0.29) is 12.4 Å². The monoisotopic (exact) mass is 406 g/mol. The molecule has 0 aliphatic heterocycles. The Hall–Kier alpha value is -3.18. The van der Waals surface area contributed by atoms with Crippen LogP contribution in [-0.2, 0) is 5.41 Å². The minimum absolute atomic E-state index is 0.122. The van der Waals surface area contributed by atoms with Crippen LogP contribution in [0.5, 0.6) is 5.75 Å². The van der Waals surface area contributed by atoms with Crippen molar-refractivity contribution >= 4 is 16.7 Å². The zero-order chi connectivity index (χ0) is 21.6. The van der Waals surface area contributed by atoms with Crippen LogP contribution < -0.4 is 4.74 Å². The molecule has 0 radical (unpaired) electrons. The van der Waals surface area contributed by atoms with Gasteiger partial charge in [-0.25, -0.2) is 0 Å². The third kappa shape index (κ3) is 3.06. The van der Waals surface area contributed by atoms with Gasteiger partial charge in [0, 0.05) is 27.6 Å². The minimum atomic E-state index is -1.28. The van der Waals surface area contributed by atoms with Crippen molar-refractivity contribution in [3.8, 4) is 11.8 Å². The van der Waals surface area contributed by atoms with Gasteiger partial charge in [0.2, 0.25) is 0 Å². The lowest BCUT2D eigenvalue weighted by Gasteiger charge is -2.32. The van der Waals surface area contributed by atoms with E-state index >= 15 is 0 Å². The summed E-state index contributed by atoms with van der Waals surface area (Å²) in [6.07, 6.45) is -2.51. The van der Waals surface area contributed by atoms with Crippen LogP contribution in [-0.4, -0.2) is 51.5 Å². The second-order valence-electron chi connectivity index (χ2n) is 8.04. The summed E-state index contributed by atoms with van der Waals surface area (Å²) >= 11 is 0. The van der Waals surface area contributed by atoms with E-state index in [4.69, 9.17) is 9.84 Å². The molecule has 0 amide bonds. The van der Waals surface area contributed by atoms with Crippen LogP contribution in [0, 0.1) is 11.3 Å². The Balaban J connectivity index is 1.75. The fourth-order valence-electron chi connectivity index (χ4n) is 3.98. The molecule has 0 unspecified atom stereocenters. The SMILES string of the molecule is CC1(C)c2cc(OC[C@@H](O)[C@H](O)CO)ccc2C(=O)c2c1[nH]c1ccc(C#N)cc21. The first-order valence-corrected chi connectivity index (χ1v) is 9.63. The molecular formula is C23H22N2O5. The van der Waals surface area contributed by atoms with Crippen molar-refractivity contribution in [2.45, 2.75) is 31.5 Å². The highest BCUT2D eigenvalue weighted by Crippen LogP contribution is 2.44. The van der Waals surface area contributed by atoms with E-state index in [9.17, 15) is 20.3 Å². The van der Waals surface area contributed by atoms with Crippen LogP contribution in [0.1, 0.15) is 46.6 Å². The van der Waals surface area contributed by atoms with E-state index in [1.165, 1.54) is 0 Å². The maximum atomic E-state index is 13.3. The van der Waals surface area contributed by atoms with Crippen molar-refractivity contribution in [2.75, 3.05) is 13.2 Å². The van der Waals surface area contributed by atoms with Gasteiger partial charge in [-0.2, -0.15) is 5.26 Å². The molecule has 154 valence electrons. The van der Waals surface area contributed by atoms with E-state index in [0.717, 1.165) is 22.2 Å². The van der Waals surface area contributed by atoms with Gasteiger partial charge in [-0.05, 0) is 42.0 Å². The first-order valence-electron chi connectivity index (χ1n) is 9.63. The van der Waals surface area contributed by atoms with Gasteiger partial charge in [0.1, 0.15) is 24.6 Å². The molecule has 1 aromatic heterocycles. The Morgan fingerprint density at radius 2 is 1.93 bits per heavy atom. The van der Waals surface area contributed by atoms with E-state index in [1.54, 1.807) is 30.3 Å². The van der Waals surface area contributed by atoms with Gasteiger partial charge in [-0.1, -0.05) is 13.8 Å². The van der Waals surface area contributed by atoms with E-state index in [1.807, 2.05) is 19.9 Å². The number of ether oxygens (including phenoxy) is 1. The lowest BCUT2D eigenvalue weighted by Crippen LogP contribution is -2.34. The minimum Gasteiger partial charge on any atom is -0.491 e. The number of fused-ring (bicyclic) bond motifs is 4. The second kappa shape index (κ2) is 7.26. The maximum Gasteiger partial charge on any atom is 0.195 e. The lowest BCUT2D eigenvalue weighted by molar-refractivity contribution is -0.0339. The molecule has 2 atom stereocenters. The molecule has 1 aliphatic carbocycles. The summed E-state index contributed by atoms with van der Waals surface area (Å²) < 4.78 is 5.58. The van der Waals surface area contributed by atoms with Crippen molar-refractivity contribution in [1.82, 2.24) is 4.98 Å². The van der Waals surface area contributed by atoms with Crippen LogP contribution in [0.4, 0.5) is 0 Å². The van der Waals surface area contributed by atoms with Gasteiger partial charge in [0.15, 0.2) is 5.78 Å². The topological polar surface area (TPSA) is 127 Å². The number of hydrogen-bond acceptors (Lipinski definition) is 6. The van der Waals surface area contributed by atoms with Gasteiger partial charge >= 0.3 is 0 Å². The molecule has 1 heterocycles. The van der Waals surface area contributed by atoms with Crippen molar-refractivity contribution in [1.29, 1.82) is 5.26 Å². The van der Waals surface area contributed by atoms with Crippen molar-refractivity contribution in [3.05, 3.63) is 64.3 Å².